The summed E-state index contributed by atoms with van der Waals surface area (Å²) >= 11 is 0. The number of methoxy groups -OCH3 is 2. The maximum Gasteiger partial charge on any atom is 0.246 e. The van der Waals surface area contributed by atoms with Gasteiger partial charge in [0.15, 0.2) is 0 Å². The second kappa shape index (κ2) is 10.6. The lowest BCUT2D eigenvalue weighted by Gasteiger charge is -2.34. The monoisotopic (exact) mass is 481 g/mol. The highest BCUT2D eigenvalue weighted by Gasteiger charge is 2.36. The predicted octanol–water partition coefficient (Wildman–Crippen LogP) is 3.99. The zero-order valence-electron chi connectivity index (χ0n) is 19.3. The molecule has 182 valence electrons. The minimum Gasteiger partial charge on any atom is -0.491 e. The lowest BCUT2D eigenvalue weighted by Crippen LogP contribution is -2.54. The van der Waals surface area contributed by atoms with Crippen LogP contribution in [0.1, 0.15) is 5.56 Å². The molecule has 1 unspecified atom stereocenters. The van der Waals surface area contributed by atoms with Gasteiger partial charge in [-0.1, -0.05) is 12.1 Å². The van der Waals surface area contributed by atoms with Crippen LogP contribution in [0.15, 0.2) is 72.9 Å². The van der Waals surface area contributed by atoms with Crippen LogP contribution in [0.4, 0.5) is 8.78 Å². The van der Waals surface area contributed by atoms with Gasteiger partial charge in [0.1, 0.15) is 36.1 Å². The third kappa shape index (κ3) is 5.47. The number of benzene rings is 3. The van der Waals surface area contributed by atoms with Gasteiger partial charge in [-0.25, -0.2) is 13.5 Å². The first-order chi connectivity index (χ1) is 16.9. The quantitative estimate of drug-likeness (QED) is 0.371. The zero-order valence-corrected chi connectivity index (χ0v) is 19.3. The summed E-state index contributed by atoms with van der Waals surface area (Å²) < 4.78 is 45.5. The summed E-state index contributed by atoms with van der Waals surface area (Å²) in [4.78, 5) is 12.5. The fourth-order valence-corrected chi connectivity index (χ4v) is 3.91. The van der Waals surface area contributed by atoms with E-state index in [1.807, 2.05) is 12.1 Å². The maximum absolute atomic E-state index is 14.1. The zero-order chi connectivity index (χ0) is 24.8. The number of carbonyl (C=O) groups excluding carboxylic acids is 1. The first kappa shape index (κ1) is 24.3. The molecule has 0 aliphatic rings. The van der Waals surface area contributed by atoms with Gasteiger partial charge in [-0.15, -0.1) is 0 Å². The van der Waals surface area contributed by atoms with E-state index in [9.17, 15) is 13.6 Å². The normalized spacial score (nSPS) is 12.9. The number of nitrogens with zero attached hydrogens (tertiary/aromatic N) is 2. The average Bonchev–Trinajstić information content (AvgIpc) is 3.26. The summed E-state index contributed by atoms with van der Waals surface area (Å²) in [7, 11) is 2.91. The van der Waals surface area contributed by atoms with Crippen LogP contribution < -0.4 is 10.1 Å². The van der Waals surface area contributed by atoms with E-state index in [1.54, 1.807) is 41.2 Å². The van der Waals surface area contributed by atoms with Crippen LogP contribution in [-0.4, -0.2) is 49.7 Å². The lowest BCUT2D eigenvalue weighted by molar-refractivity contribution is -0.128. The molecule has 0 aliphatic carbocycles. The van der Waals surface area contributed by atoms with E-state index in [4.69, 9.17) is 14.2 Å². The third-order valence-corrected chi connectivity index (χ3v) is 5.52. The number of amides is 1. The highest BCUT2D eigenvalue weighted by molar-refractivity contribution is 5.82. The first-order valence-electron chi connectivity index (χ1n) is 10.9. The van der Waals surface area contributed by atoms with Crippen molar-refractivity contribution in [3.8, 4) is 11.4 Å². The number of ether oxygens (including phenoxy) is 3. The molecule has 0 fully saturated rings. The topological polar surface area (TPSA) is 74.6 Å². The minimum absolute atomic E-state index is 0.0304. The van der Waals surface area contributed by atoms with Gasteiger partial charge in [0.2, 0.25) is 5.91 Å². The largest absolute Gasteiger partial charge is 0.491 e. The van der Waals surface area contributed by atoms with Crippen molar-refractivity contribution >= 4 is 16.8 Å². The van der Waals surface area contributed by atoms with Crippen molar-refractivity contribution in [3.63, 3.8) is 0 Å². The molecule has 0 saturated heterocycles. The number of fused-ring (bicyclic) bond motifs is 1. The van der Waals surface area contributed by atoms with Crippen LogP contribution in [-0.2, 0) is 19.8 Å². The van der Waals surface area contributed by atoms with Crippen LogP contribution >= 0.6 is 0 Å². The Kier molecular flexibility index (Phi) is 7.38. The number of hydrogen-bond donors (Lipinski definition) is 1. The summed E-state index contributed by atoms with van der Waals surface area (Å²) in [6.45, 7) is -0.163. The second-order valence-electron chi connectivity index (χ2n) is 8.05. The highest BCUT2D eigenvalue weighted by Crippen LogP contribution is 2.27. The predicted molar refractivity (Wildman–Crippen MR) is 126 cm³/mol. The Labute approximate surface area is 201 Å². The van der Waals surface area contributed by atoms with E-state index in [1.165, 1.54) is 38.5 Å². The fourth-order valence-electron chi connectivity index (χ4n) is 3.91. The van der Waals surface area contributed by atoms with Crippen molar-refractivity contribution < 1.29 is 27.8 Å². The van der Waals surface area contributed by atoms with Crippen LogP contribution in [0.3, 0.4) is 0 Å². The summed E-state index contributed by atoms with van der Waals surface area (Å²) in [6, 6.07) is 17.4. The van der Waals surface area contributed by atoms with Gasteiger partial charge in [0.05, 0.1) is 24.0 Å². The molecule has 35 heavy (non-hydrogen) atoms. The van der Waals surface area contributed by atoms with Crippen LogP contribution in [0.5, 0.6) is 5.75 Å². The smallest absolute Gasteiger partial charge is 0.246 e. The Hall–Kier alpha value is -3.82. The average molecular weight is 481 g/mol. The Balaban J connectivity index is 1.62. The fraction of sp³-hybridized carbons (Fsp3) is 0.231. The molecule has 0 bridgehead atoms. The van der Waals surface area contributed by atoms with Gasteiger partial charge in [0.25, 0.3) is 0 Å². The third-order valence-electron chi connectivity index (χ3n) is 5.52. The highest BCUT2D eigenvalue weighted by atomic mass is 19.1. The molecule has 0 radical (unpaired) electrons. The molecular weight excluding hydrogens is 456 g/mol. The van der Waals surface area contributed by atoms with Crippen molar-refractivity contribution in [3.05, 3.63) is 90.1 Å². The Bertz CT molecular complexity index is 1310. The van der Waals surface area contributed by atoms with Crippen molar-refractivity contribution in [2.24, 2.45) is 0 Å². The van der Waals surface area contributed by atoms with Crippen LogP contribution in [0.25, 0.3) is 16.6 Å². The van der Waals surface area contributed by atoms with Crippen LogP contribution in [0, 0.1) is 11.6 Å². The number of hydrogen-bond acceptors (Lipinski definition) is 5. The van der Waals surface area contributed by atoms with Crippen molar-refractivity contribution in [1.82, 2.24) is 15.1 Å². The number of halogens is 2. The summed E-state index contributed by atoms with van der Waals surface area (Å²) in [6.07, 6.45) is 1.68. The maximum atomic E-state index is 14.1. The molecule has 0 spiro atoms. The molecule has 4 rings (SSSR count). The molecule has 4 aromatic rings. The Morgan fingerprint density at radius 3 is 2.49 bits per heavy atom. The Morgan fingerprint density at radius 1 is 0.971 bits per heavy atom. The molecule has 1 N–H and O–H groups in total. The first-order valence-corrected chi connectivity index (χ1v) is 10.9. The van der Waals surface area contributed by atoms with Gasteiger partial charge < -0.3 is 19.5 Å². The van der Waals surface area contributed by atoms with Crippen molar-refractivity contribution in [2.45, 2.75) is 5.54 Å². The molecule has 0 aliphatic heterocycles. The molecule has 1 aromatic heterocycles. The second-order valence-corrected chi connectivity index (χ2v) is 8.05. The number of nitrogens with one attached hydrogen (secondary N) is 1. The van der Waals surface area contributed by atoms with E-state index in [2.05, 4.69) is 10.4 Å². The minimum atomic E-state index is -1.17. The SMILES string of the molecule is COCC(=O)NC(COC)(COc1ccc2c(cnn2-c2ccc(F)cc2)c1)c1cccc(F)c1. The number of carbonyl (C=O) groups is 1. The van der Waals surface area contributed by atoms with Gasteiger partial charge in [0, 0.05) is 19.6 Å². The van der Waals surface area contributed by atoms with Crippen LogP contribution in [0.2, 0.25) is 0 Å². The van der Waals surface area contributed by atoms with Gasteiger partial charge in [-0.3, -0.25) is 4.79 Å². The van der Waals surface area contributed by atoms with E-state index < -0.39 is 17.3 Å². The number of rotatable bonds is 10. The van der Waals surface area contributed by atoms with Crippen molar-refractivity contribution in [1.29, 1.82) is 0 Å². The van der Waals surface area contributed by atoms with E-state index in [-0.39, 0.29) is 25.6 Å². The molecule has 1 amide bonds. The van der Waals surface area contributed by atoms with Crippen molar-refractivity contribution in [2.75, 3.05) is 34.0 Å². The van der Waals surface area contributed by atoms with Gasteiger partial charge in [-0.05, 0) is 60.2 Å². The van der Waals surface area contributed by atoms with E-state index >= 15 is 0 Å². The Morgan fingerprint density at radius 2 is 1.77 bits per heavy atom. The molecule has 1 heterocycles. The van der Waals surface area contributed by atoms with E-state index in [0.717, 1.165) is 16.6 Å². The molecule has 7 nitrogen and oxygen atoms in total. The molecule has 3 aromatic carbocycles. The summed E-state index contributed by atoms with van der Waals surface area (Å²) in [5.74, 6) is -0.641. The summed E-state index contributed by atoms with van der Waals surface area (Å²) in [5, 5.41) is 8.09. The lowest BCUT2D eigenvalue weighted by atomic mass is 9.91. The molecule has 1 atom stereocenters. The van der Waals surface area contributed by atoms with Gasteiger partial charge >= 0.3 is 0 Å². The van der Waals surface area contributed by atoms with E-state index in [0.29, 0.717) is 11.3 Å². The molecular formula is C26H25F2N3O4. The molecule has 9 heteroatoms. The molecule has 0 saturated carbocycles. The van der Waals surface area contributed by atoms with Gasteiger partial charge in [-0.2, -0.15) is 5.10 Å². The summed E-state index contributed by atoms with van der Waals surface area (Å²) in [5.41, 5.74) is 0.862. The standard InChI is InChI=1S/C26H25F2N3O4/c1-33-15-25(32)30-26(16-34-2,19-4-3-5-21(28)13-19)17-35-23-10-11-24-18(12-23)14-29-31(24)22-8-6-20(27)7-9-22/h3-14H,15-17H2,1-2H3,(H,30,32). The number of aromatic nitrogens is 2.